The predicted octanol–water partition coefficient (Wildman–Crippen LogP) is 1.16. The Labute approximate surface area is 136 Å². The molecule has 0 aliphatic heterocycles. The molecule has 1 aromatic heterocycles. The quantitative estimate of drug-likeness (QED) is 0.785. The first-order valence-electron chi connectivity index (χ1n) is 6.96. The first-order chi connectivity index (χ1) is 10.2. The highest BCUT2D eigenvalue weighted by Gasteiger charge is 2.08. The first kappa shape index (κ1) is 16.0. The lowest BCUT2D eigenvalue weighted by Gasteiger charge is -2.15. The van der Waals surface area contributed by atoms with Crippen molar-refractivity contribution in [2.24, 2.45) is 0 Å². The van der Waals surface area contributed by atoms with Crippen LogP contribution in [-0.4, -0.2) is 16.1 Å². The lowest BCUT2D eigenvalue weighted by molar-refractivity contribution is -0.00000552. The molecule has 0 saturated carbocycles. The maximum absolute atomic E-state index is 5.82. The maximum Gasteiger partial charge on any atom is 0.143 e. The second kappa shape index (κ2) is 7.09. The Morgan fingerprint density at radius 2 is 1.68 bits per heavy atom. The molecule has 22 heavy (non-hydrogen) atoms. The number of halogens is 1. The summed E-state index contributed by atoms with van der Waals surface area (Å²) in [6, 6.07) is 15.8. The number of fused-ring (bicyclic) bond motifs is 1. The molecule has 0 aliphatic carbocycles. The lowest BCUT2D eigenvalue weighted by atomic mass is 10.2. The highest BCUT2D eigenvalue weighted by Crippen LogP contribution is 2.29. The number of ether oxygens (including phenoxy) is 1. The van der Waals surface area contributed by atoms with Crippen molar-refractivity contribution < 1.29 is 17.1 Å². The standard InChI is InChI=1S/C17H17N3O.ClH/c1-12(2)21-16-10-6-5-9-15(16)20-17-13-7-3-4-8-14(13)18-11-19-17;/h3-12H,1-2H3,(H,18,19,20);1H/p-1. The van der Waals surface area contributed by atoms with Gasteiger partial charge in [-0.2, -0.15) is 0 Å². The van der Waals surface area contributed by atoms with Crippen molar-refractivity contribution in [3.05, 3.63) is 54.9 Å². The van der Waals surface area contributed by atoms with Gasteiger partial charge in [-0.1, -0.05) is 24.3 Å². The van der Waals surface area contributed by atoms with Crippen molar-refractivity contribution in [1.29, 1.82) is 0 Å². The van der Waals surface area contributed by atoms with Crippen LogP contribution in [0.15, 0.2) is 54.9 Å². The fourth-order valence-electron chi connectivity index (χ4n) is 2.16. The minimum absolute atomic E-state index is 0. The number of benzene rings is 2. The zero-order chi connectivity index (χ0) is 14.7. The molecule has 0 fully saturated rings. The van der Waals surface area contributed by atoms with Crippen LogP contribution in [0.4, 0.5) is 11.5 Å². The summed E-state index contributed by atoms with van der Waals surface area (Å²) in [6.45, 7) is 4.02. The minimum atomic E-state index is 0. The molecule has 5 heteroatoms. The van der Waals surface area contributed by atoms with Crippen LogP contribution in [0, 0.1) is 0 Å². The van der Waals surface area contributed by atoms with E-state index in [9.17, 15) is 0 Å². The third-order valence-electron chi connectivity index (χ3n) is 3.05. The third kappa shape index (κ3) is 3.46. The van der Waals surface area contributed by atoms with Gasteiger partial charge in [0, 0.05) is 5.39 Å². The van der Waals surface area contributed by atoms with Gasteiger partial charge in [-0.25, -0.2) is 9.97 Å². The number of anilines is 2. The summed E-state index contributed by atoms with van der Waals surface area (Å²) in [5.41, 5.74) is 1.81. The molecule has 0 amide bonds. The van der Waals surface area contributed by atoms with Gasteiger partial charge in [0.15, 0.2) is 0 Å². The van der Waals surface area contributed by atoms with E-state index < -0.39 is 0 Å². The number of para-hydroxylation sites is 3. The average molecular weight is 315 g/mol. The van der Waals surface area contributed by atoms with E-state index in [4.69, 9.17) is 4.74 Å². The van der Waals surface area contributed by atoms with Gasteiger partial charge in [0.05, 0.1) is 17.3 Å². The minimum Gasteiger partial charge on any atom is -1.00 e. The van der Waals surface area contributed by atoms with Gasteiger partial charge in [-0.15, -0.1) is 0 Å². The van der Waals surface area contributed by atoms with Crippen molar-refractivity contribution in [2.45, 2.75) is 20.0 Å². The van der Waals surface area contributed by atoms with Gasteiger partial charge >= 0.3 is 0 Å². The van der Waals surface area contributed by atoms with E-state index in [1.165, 1.54) is 0 Å². The van der Waals surface area contributed by atoms with Crippen molar-refractivity contribution >= 4 is 22.4 Å². The molecule has 1 N–H and O–H groups in total. The fourth-order valence-corrected chi connectivity index (χ4v) is 2.16. The fraction of sp³-hybridized carbons (Fsp3) is 0.176. The Morgan fingerprint density at radius 1 is 0.955 bits per heavy atom. The SMILES string of the molecule is CC(C)Oc1ccccc1Nc1ncnc2ccccc12.[Cl-]. The Hall–Kier alpha value is -2.33. The Balaban J connectivity index is 0.00000176. The normalized spacial score (nSPS) is 10.3. The summed E-state index contributed by atoms with van der Waals surface area (Å²) in [7, 11) is 0. The van der Waals surface area contributed by atoms with E-state index >= 15 is 0 Å². The third-order valence-corrected chi connectivity index (χ3v) is 3.05. The van der Waals surface area contributed by atoms with E-state index in [0.29, 0.717) is 0 Å². The van der Waals surface area contributed by atoms with E-state index in [1.807, 2.05) is 62.4 Å². The summed E-state index contributed by atoms with van der Waals surface area (Å²) < 4.78 is 5.82. The number of nitrogens with one attached hydrogen (secondary N) is 1. The van der Waals surface area contributed by atoms with E-state index in [-0.39, 0.29) is 18.5 Å². The lowest BCUT2D eigenvalue weighted by Crippen LogP contribution is -3.00. The molecule has 0 unspecified atom stereocenters. The van der Waals surface area contributed by atoms with Crippen LogP contribution in [0.5, 0.6) is 5.75 Å². The largest absolute Gasteiger partial charge is 1.00 e. The molecule has 1 heterocycles. The highest BCUT2D eigenvalue weighted by atomic mass is 35.5. The molecular formula is C17H17ClN3O-. The molecular weight excluding hydrogens is 298 g/mol. The number of nitrogens with zero attached hydrogens (tertiary/aromatic N) is 2. The Morgan fingerprint density at radius 3 is 2.50 bits per heavy atom. The van der Waals surface area contributed by atoms with Gasteiger partial charge in [0.1, 0.15) is 17.9 Å². The topological polar surface area (TPSA) is 47.0 Å². The maximum atomic E-state index is 5.82. The molecule has 3 aromatic rings. The first-order valence-corrected chi connectivity index (χ1v) is 6.96. The second-order valence-corrected chi connectivity index (χ2v) is 5.03. The van der Waals surface area contributed by atoms with Crippen LogP contribution in [0.3, 0.4) is 0 Å². The van der Waals surface area contributed by atoms with Crippen LogP contribution in [-0.2, 0) is 0 Å². The molecule has 0 bridgehead atoms. The van der Waals surface area contributed by atoms with Crippen LogP contribution in [0.25, 0.3) is 10.9 Å². The van der Waals surface area contributed by atoms with Gasteiger partial charge in [0.2, 0.25) is 0 Å². The Kier molecular flexibility index (Phi) is 5.17. The van der Waals surface area contributed by atoms with Gasteiger partial charge in [-0.3, -0.25) is 0 Å². The van der Waals surface area contributed by atoms with Crippen molar-refractivity contribution in [2.75, 3.05) is 5.32 Å². The molecule has 4 nitrogen and oxygen atoms in total. The highest BCUT2D eigenvalue weighted by molar-refractivity contribution is 5.90. The van der Waals surface area contributed by atoms with Gasteiger partial charge in [0.25, 0.3) is 0 Å². The second-order valence-electron chi connectivity index (χ2n) is 5.03. The van der Waals surface area contributed by atoms with E-state index in [0.717, 1.165) is 28.2 Å². The Bertz CT molecular complexity index is 756. The molecule has 0 saturated heterocycles. The molecule has 2 aromatic carbocycles. The summed E-state index contributed by atoms with van der Waals surface area (Å²) in [6.07, 6.45) is 1.69. The zero-order valence-corrected chi connectivity index (χ0v) is 13.2. The smallest absolute Gasteiger partial charge is 0.143 e. The zero-order valence-electron chi connectivity index (χ0n) is 12.5. The molecule has 0 aliphatic rings. The van der Waals surface area contributed by atoms with Crippen molar-refractivity contribution in [1.82, 2.24) is 9.97 Å². The van der Waals surface area contributed by atoms with E-state index in [2.05, 4.69) is 15.3 Å². The van der Waals surface area contributed by atoms with Crippen LogP contribution < -0.4 is 22.5 Å². The molecule has 0 spiro atoms. The molecule has 114 valence electrons. The molecule has 0 atom stereocenters. The molecule has 0 radical (unpaired) electrons. The number of rotatable bonds is 4. The van der Waals surface area contributed by atoms with Crippen molar-refractivity contribution in [3.8, 4) is 5.75 Å². The number of hydrogen-bond donors (Lipinski definition) is 1. The van der Waals surface area contributed by atoms with Crippen molar-refractivity contribution in [3.63, 3.8) is 0 Å². The monoisotopic (exact) mass is 314 g/mol. The van der Waals surface area contributed by atoms with Crippen LogP contribution in [0.1, 0.15) is 13.8 Å². The van der Waals surface area contributed by atoms with Gasteiger partial charge in [-0.05, 0) is 38.1 Å². The van der Waals surface area contributed by atoms with Crippen LogP contribution >= 0.6 is 0 Å². The molecule has 3 rings (SSSR count). The predicted molar refractivity (Wildman–Crippen MR) is 85.0 cm³/mol. The number of hydrogen-bond acceptors (Lipinski definition) is 4. The van der Waals surface area contributed by atoms with E-state index in [1.54, 1.807) is 6.33 Å². The van der Waals surface area contributed by atoms with Crippen LogP contribution in [0.2, 0.25) is 0 Å². The number of aromatic nitrogens is 2. The summed E-state index contributed by atoms with van der Waals surface area (Å²) in [4.78, 5) is 8.62. The summed E-state index contributed by atoms with van der Waals surface area (Å²) >= 11 is 0. The summed E-state index contributed by atoms with van der Waals surface area (Å²) in [5.74, 6) is 1.59. The summed E-state index contributed by atoms with van der Waals surface area (Å²) in [5, 5.41) is 4.33. The average Bonchev–Trinajstić information content (AvgIpc) is 2.49. The van der Waals surface area contributed by atoms with Gasteiger partial charge < -0.3 is 22.5 Å².